The molecular weight excluding hydrogens is 264 g/mol. The van der Waals surface area contributed by atoms with E-state index < -0.39 is 0 Å². The first-order chi connectivity index (χ1) is 9.05. The molecule has 0 aliphatic rings. The van der Waals surface area contributed by atoms with Gasteiger partial charge in [0.15, 0.2) is 0 Å². The van der Waals surface area contributed by atoms with Crippen LogP contribution in [-0.4, -0.2) is 24.3 Å². The third-order valence-corrected chi connectivity index (χ3v) is 3.81. The van der Waals surface area contributed by atoms with Gasteiger partial charge < -0.3 is 15.7 Å². The first-order valence-corrected chi connectivity index (χ1v) is 6.84. The molecule has 0 atom stereocenters. The number of halogens is 1. The number of anilines is 1. The van der Waals surface area contributed by atoms with E-state index in [2.05, 4.69) is 10.6 Å². The average molecular weight is 285 g/mol. The molecule has 1 rings (SSSR count). The van der Waals surface area contributed by atoms with Gasteiger partial charge >= 0.3 is 6.03 Å². The van der Waals surface area contributed by atoms with E-state index in [4.69, 9.17) is 11.6 Å². The van der Waals surface area contributed by atoms with Gasteiger partial charge in [-0.15, -0.1) is 0 Å². The summed E-state index contributed by atoms with van der Waals surface area (Å²) in [5, 5.41) is 15.6. The Morgan fingerprint density at radius 2 is 1.84 bits per heavy atom. The SMILES string of the molecule is CCC(CC)(CO)CNC(=O)Nc1ccc(Cl)cc1. The lowest BCUT2D eigenvalue weighted by Gasteiger charge is -2.29. The number of carbonyl (C=O) groups is 1. The van der Waals surface area contributed by atoms with E-state index in [1.54, 1.807) is 24.3 Å². The average Bonchev–Trinajstić information content (AvgIpc) is 2.44. The Bertz CT molecular complexity index is 394. The molecule has 0 aliphatic carbocycles. The predicted molar refractivity (Wildman–Crippen MR) is 78.6 cm³/mol. The molecule has 1 aromatic carbocycles. The highest BCUT2D eigenvalue weighted by molar-refractivity contribution is 6.30. The highest BCUT2D eigenvalue weighted by Gasteiger charge is 2.25. The van der Waals surface area contributed by atoms with Crippen LogP contribution in [0, 0.1) is 5.41 Å². The summed E-state index contributed by atoms with van der Waals surface area (Å²) in [5.41, 5.74) is 0.446. The summed E-state index contributed by atoms with van der Waals surface area (Å²) in [5.74, 6) is 0. The van der Waals surface area contributed by atoms with Crippen molar-refractivity contribution in [2.24, 2.45) is 5.41 Å². The number of carbonyl (C=O) groups excluding carboxylic acids is 1. The monoisotopic (exact) mass is 284 g/mol. The molecule has 2 amide bonds. The summed E-state index contributed by atoms with van der Waals surface area (Å²) in [4.78, 5) is 11.8. The van der Waals surface area contributed by atoms with Crippen molar-refractivity contribution in [1.29, 1.82) is 0 Å². The van der Waals surface area contributed by atoms with Gasteiger partial charge in [0.2, 0.25) is 0 Å². The minimum absolute atomic E-state index is 0.0707. The summed E-state index contributed by atoms with van der Waals surface area (Å²) in [7, 11) is 0. The summed E-state index contributed by atoms with van der Waals surface area (Å²) in [6.07, 6.45) is 1.64. The molecule has 3 N–H and O–H groups in total. The van der Waals surface area contributed by atoms with Crippen LogP contribution in [-0.2, 0) is 0 Å². The Hall–Kier alpha value is -1.26. The molecule has 4 nitrogen and oxygen atoms in total. The molecule has 1 aromatic rings. The van der Waals surface area contributed by atoms with Crippen molar-refractivity contribution in [2.45, 2.75) is 26.7 Å². The molecule has 5 heteroatoms. The summed E-state index contributed by atoms with van der Waals surface area (Å²) in [6.45, 7) is 4.55. The Kier molecular flexibility index (Phi) is 6.12. The number of amides is 2. The third-order valence-electron chi connectivity index (χ3n) is 3.56. The van der Waals surface area contributed by atoms with Gasteiger partial charge in [-0.3, -0.25) is 0 Å². The number of benzene rings is 1. The Labute approximate surface area is 119 Å². The molecule has 0 aliphatic heterocycles. The number of hydrogen-bond donors (Lipinski definition) is 3. The van der Waals surface area contributed by atoms with Crippen molar-refractivity contribution >= 4 is 23.3 Å². The van der Waals surface area contributed by atoms with Crippen LogP contribution in [0.5, 0.6) is 0 Å². The fourth-order valence-corrected chi connectivity index (χ4v) is 1.88. The van der Waals surface area contributed by atoms with E-state index >= 15 is 0 Å². The number of rotatable bonds is 6. The number of nitrogens with one attached hydrogen (secondary N) is 2. The molecule has 0 unspecified atom stereocenters. The topological polar surface area (TPSA) is 61.4 Å². The van der Waals surface area contributed by atoms with Crippen LogP contribution in [0.1, 0.15) is 26.7 Å². The fourth-order valence-electron chi connectivity index (χ4n) is 1.76. The number of urea groups is 1. The molecule has 0 spiro atoms. The zero-order valence-electron chi connectivity index (χ0n) is 11.4. The van der Waals surface area contributed by atoms with Gasteiger partial charge in [-0.1, -0.05) is 25.4 Å². The van der Waals surface area contributed by atoms with Crippen LogP contribution in [0.25, 0.3) is 0 Å². The second-order valence-corrected chi connectivity index (χ2v) is 5.12. The highest BCUT2D eigenvalue weighted by Crippen LogP contribution is 2.24. The maximum absolute atomic E-state index is 11.8. The van der Waals surface area contributed by atoms with Crippen LogP contribution in [0.4, 0.5) is 10.5 Å². The molecular formula is C14H21ClN2O2. The van der Waals surface area contributed by atoms with Gasteiger partial charge in [-0.2, -0.15) is 0 Å². The van der Waals surface area contributed by atoms with Crippen LogP contribution in [0.3, 0.4) is 0 Å². The molecule has 0 saturated heterocycles. The van der Waals surface area contributed by atoms with Gasteiger partial charge in [-0.05, 0) is 37.1 Å². The minimum Gasteiger partial charge on any atom is -0.396 e. The second-order valence-electron chi connectivity index (χ2n) is 4.68. The zero-order chi connectivity index (χ0) is 14.3. The first-order valence-electron chi connectivity index (χ1n) is 6.46. The van der Waals surface area contributed by atoms with Crippen molar-refractivity contribution < 1.29 is 9.90 Å². The van der Waals surface area contributed by atoms with E-state index in [0.717, 1.165) is 12.8 Å². The lowest BCUT2D eigenvalue weighted by atomic mass is 9.83. The normalized spacial score (nSPS) is 11.2. The molecule has 0 fully saturated rings. The van der Waals surface area contributed by atoms with E-state index in [0.29, 0.717) is 17.3 Å². The van der Waals surface area contributed by atoms with Crippen LogP contribution in [0.2, 0.25) is 5.02 Å². The van der Waals surface area contributed by atoms with Crippen LogP contribution in [0.15, 0.2) is 24.3 Å². The summed E-state index contributed by atoms with van der Waals surface area (Å²) >= 11 is 5.77. The quantitative estimate of drug-likeness (QED) is 0.751. The predicted octanol–water partition coefficient (Wildman–Crippen LogP) is 3.26. The van der Waals surface area contributed by atoms with Gasteiger partial charge in [0.1, 0.15) is 0 Å². The number of aliphatic hydroxyl groups is 1. The largest absolute Gasteiger partial charge is 0.396 e. The standard InChI is InChI=1S/C14H21ClN2O2/c1-3-14(4-2,10-18)9-16-13(19)17-12-7-5-11(15)6-8-12/h5-8,18H,3-4,9-10H2,1-2H3,(H2,16,17,19). The van der Waals surface area contributed by atoms with E-state index in [-0.39, 0.29) is 18.1 Å². The van der Waals surface area contributed by atoms with E-state index in [9.17, 15) is 9.90 Å². The lowest BCUT2D eigenvalue weighted by molar-refractivity contribution is 0.116. The minimum atomic E-state index is -0.276. The maximum Gasteiger partial charge on any atom is 0.319 e. The Balaban J connectivity index is 2.49. The highest BCUT2D eigenvalue weighted by atomic mass is 35.5. The van der Waals surface area contributed by atoms with Gasteiger partial charge in [0.05, 0.1) is 6.61 Å². The van der Waals surface area contributed by atoms with Crippen molar-refractivity contribution in [3.05, 3.63) is 29.3 Å². The smallest absolute Gasteiger partial charge is 0.319 e. The van der Waals surface area contributed by atoms with Crippen molar-refractivity contribution in [2.75, 3.05) is 18.5 Å². The van der Waals surface area contributed by atoms with Crippen molar-refractivity contribution in [1.82, 2.24) is 5.32 Å². The van der Waals surface area contributed by atoms with E-state index in [1.165, 1.54) is 0 Å². The molecule has 0 saturated carbocycles. The Morgan fingerprint density at radius 1 is 1.26 bits per heavy atom. The molecule has 0 radical (unpaired) electrons. The fraction of sp³-hybridized carbons (Fsp3) is 0.500. The van der Waals surface area contributed by atoms with Crippen molar-refractivity contribution in [3.8, 4) is 0 Å². The van der Waals surface area contributed by atoms with Gasteiger partial charge in [0.25, 0.3) is 0 Å². The van der Waals surface area contributed by atoms with Crippen LogP contribution < -0.4 is 10.6 Å². The summed E-state index contributed by atoms with van der Waals surface area (Å²) in [6, 6.07) is 6.63. The van der Waals surface area contributed by atoms with Gasteiger partial charge in [0, 0.05) is 22.7 Å². The Morgan fingerprint density at radius 3 is 2.32 bits per heavy atom. The second kappa shape index (κ2) is 7.36. The molecule has 19 heavy (non-hydrogen) atoms. The van der Waals surface area contributed by atoms with Crippen LogP contribution >= 0.6 is 11.6 Å². The lowest BCUT2D eigenvalue weighted by Crippen LogP contribution is -2.41. The third kappa shape index (κ3) is 4.73. The molecule has 0 bridgehead atoms. The van der Waals surface area contributed by atoms with Gasteiger partial charge in [-0.25, -0.2) is 4.79 Å². The number of hydrogen-bond acceptors (Lipinski definition) is 2. The van der Waals surface area contributed by atoms with E-state index in [1.807, 2.05) is 13.8 Å². The molecule has 106 valence electrons. The zero-order valence-corrected chi connectivity index (χ0v) is 12.1. The first kappa shape index (κ1) is 15.8. The molecule has 0 aromatic heterocycles. The maximum atomic E-state index is 11.8. The molecule has 0 heterocycles. The number of aliphatic hydroxyl groups excluding tert-OH is 1. The summed E-state index contributed by atoms with van der Waals surface area (Å²) < 4.78 is 0. The van der Waals surface area contributed by atoms with Crippen molar-refractivity contribution in [3.63, 3.8) is 0 Å².